The van der Waals surface area contributed by atoms with Gasteiger partial charge in [0.25, 0.3) is 5.92 Å². The number of rotatable bonds is 3. The summed E-state index contributed by atoms with van der Waals surface area (Å²) in [5.74, 6) is -3.49. The van der Waals surface area contributed by atoms with Crippen LogP contribution in [0.15, 0.2) is 29.4 Å². The smallest absolute Gasteiger partial charge is 0.294 e. The van der Waals surface area contributed by atoms with Gasteiger partial charge in [0, 0.05) is 18.4 Å². The number of alkyl halides is 2. The zero-order valence-corrected chi connectivity index (χ0v) is 10.7. The van der Waals surface area contributed by atoms with Crippen molar-refractivity contribution in [1.29, 1.82) is 0 Å². The lowest BCUT2D eigenvalue weighted by atomic mass is 9.97. The van der Waals surface area contributed by atoms with Crippen molar-refractivity contribution < 1.29 is 18.7 Å². The van der Waals surface area contributed by atoms with Crippen LogP contribution in [0.25, 0.3) is 0 Å². The highest BCUT2D eigenvalue weighted by Gasteiger charge is 2.57. The van der Waals surface area contributed by atoms with Crippen molar-refractivity contribution in [3.63, 3.8) is 0 Å². The molecule has 0 saturated carbocycles. The van der Waals surface area contributed by atoms with E-state index in [0.717, 1.165) is 0 Å². The molecular weight excluding hydrogens is 278 g/mol. The van der Waals surface area contributed by atoms with Crippen LogP contribution in [0.1, 0.15) is 18.9 Å². The highest BCUT2D eigenvalue weighted by Crippen LogP contribution is 2.39. The molecule has 1 N–H and O–H groups in total. The third kappa shape index (κ3) is 2.33. The number of aliphatic hydroxyl groups is 1. The lowest BCUT2D eigenvalue weighted by molar-refractivity contribution is -0.229. The summed E-state index contributed by atoms with van der Waals surface area (Å²) in [6.45, 7) is 0.545. The topological polar surface area (TPSA) is 52.9 Å². The summed E-state index contributed by atoms with van der Waals surface area (Å²) in [6.07, 6.45) is -0.364. The van der Waals surface area contributed by atoms with E-state index in [1.807, 2.05) is 0 Å². The van der Waals surface area contributed by atoms with E-state index >= 15 is 0 Å². The first-order valence-corrected chi connectivity index (χ1v) is 5.84. The minimum atomic E-state index is -3.49. The fourth-order valence-electron chi connectivity index (χ4n) is 1.83. The van der Waals surface area contributed by atoms with E-state index in [-0.39, 0.29) is 12.1 Å². The van der Waals surface area contributed by atoms with E-state index in [2.05, 4.69) is 5.10 Å². The van der Waals surface area contributed by atoms with Crippen molar-refractivity contribution in [1.82, 2.24) is 5.01 Å². The minimum Gasteiger partial charge on any atom is -0.364 e. The molecule has 0 fully saturated rings. The van der Waals surface area contributed by atoms with Crippen LogP contribution in [0.5, 0.6) is 0 Å². The number of amides is 1. The summed E-state index contributed by atoms with van der Waals surface area (Å²) in [6, 6.07) is 6.33. The van der Waals surface area contributed by atoms with Crippen molar-refractivity contribution in [2.45, 2.75) is 25.0 Å². The molecule has 0 aromatic heterocycles. The normalized spacial score (nSPS) is 23.4. The van der Waals surface area contributed by atoms with Gasteiger partial charge in [0.05, 0.1) is 5.71 Å². The van der Waals surface area contributed by atoms with Crippen LogP contribution in [-0.4, -0.2) is 33.9 Å². The standard InChI is InChI=1S/C12H11ClF2N2O2/c1-11(14,15)12(19)6-10(16-17(12)7-18)8-2-4-9(13)5-3-8/h2-5,7,19H,6H2,1H3/t12-/m0/s1. The second-order valence-electron chi connectivity index (χ2n) is 4.39. The number of carbonyl (C=O) groups is 1. The van der Waals surface area contributed by atoms with Crippen molar-refractivity contribution in [2.24, 2.45) is 5.10 Å². The summed E-state index contributed by atoms with van der Waals surface area (Å²) in [7, 11) is 0. The summed E-state index contributed by atoms with van der Waals surface area (Å²) >= 11 is 5.73. The van der Waals surface area contributed by atoms with Crippen LogP contribution in [0.3, 0.4) is 0 Å². The van der Waals surface area contributed by atoms with Crippen molar-refractivity contribution in [2.75, 3.05) is 0 Å². The molecular formula is C12H11ClF2N2O2. The molecule has 1 aromatic carbocycles. The summed E-state index contributed by atoms with van der Waals surface area (Å²) in [5, 5.41) is 14.6. The van der Waals surface area contributed by atoms with Gasteiger partial charge in [-0.2, -0.15) is 10.1 Å². The Hall–Kier alpha value is -1.53. The van der Waals surface area contributed by atoms with Gasteiger partial charge in [-0.05, 0) is 17.7 Å². The Morgan fingerprint density at radius 1 is 1.47 bits per heavy atom. The average Bonchev–Trinajstić information content (AvgIpc) is 2.68. The van der Waals surface area contributed by atoms with E-state index in [9.17, 15) is 18.7 Å². The second kappa shape index (κ2) is 4.54. The third-order valence-electron chi connectivity index (χ3n) is 3.00. The molecule has 0 bridgehead atoms. The molecule has 0 aliphatic carbocycles. The summed E-state index contributed by atoms with van der Waals surface area (Å²) in [5.41, 5.74) is -1.91. The van der Waals surface area contributed by atoms with Crippen LogP contribution in [-0.2, 0) is 4.79 Å². The lowest BCUT2D eigenvalue weighted by Crippen LogP contribution is -2.55. The van der Waals surface area contributed by atoms with Gasteiger partial charge in [0.1, 0.15) is 0 Å². The Balaban J connectivity index is 2.36. The fourth-order valence-corrected chi connectivity index (χ4v) is 1.96. The fraction of sp³-hybridized carbons (Fsp3) is 0.333. The maximum Gasteiger partial charge on any atom is 0.294 e. The quantitative estimate of drug-likeness (QED) is 0.867. The van der Waals surface area contributed by atoms with Gasteiger partial charge in [-0.25, -0.2) is 8.78 Å². The number of carbonyl (C=O) groups excluding carboxylic acids is 1. The average molecular weight is 289 g/mol. The Kier molecular flexibility index (Phi) is 3.32. The van der Waals surface area contributed by atoms with Gasteiger partial charge in [0.2, 0.25) is 12.1 Å². The number of benzene rings is 1. The summed E-state index contributed by atoms with van der Waals surface area (Å²) in [4.78, 5) is 10.8. The van der Waals surface area contributed by atoms with Gasteiger partial charge in [-0.1, -0.05) is 23.7 Å². The first kappa shape index (κ1) is 13.9. The van der Waals surface area contributed by atoms with Crippen molar-refractivity contribution in [3.8, 4) is 0 Å². The van der Waals surface area contributed by atoms with Crippen LogP contribution >= 0.6 is 11.6 Å². The van der Waals surface area contributed by atoms with Gasteiger partial charge < -0.3 is 5.11 Å². The molecule has 0 saturated heterocycles. The molecule has 1 heterocycles. The molecule has 1 aliphatic rings. The van der Waals surface area contributed by atoms with Gasteiger partial charge in [0.15, 0.2) is 0 Å². The maximum atomic E-state index is 13.5. The number of hydrogen-bond acceptors (Lipinski definition) is 3. The molecule has 1 amide bonds. The number of nitrogens with zero attached hydrogens (tertiary/aromatic N) is 2. The molecule has 102 valence electrons. The van der Waals surface area contributed by atoms with Gasteiger partial charge in [-0.15, -0.1) is 0 Å². The predicted octanol–water partition coefficient (Wildman–Crippen LogP) is 2.25. The monoisotopic (exact) mass is 288 g/mol. The third-order valence-corrected chi connectivity index (χ3v) is 3.25. The minimum absolute atomic E-state index is 0.0837. The van der Waals surface area contributed by atoms with E-state index in [4.69, 9.17) is 11.6 Å². The zero-order valence-electron chi connectivity index (χ0n) is 9.98. The Labute approximate surface area is 113 Å². The first-order valence-electron chi connectivity index (χ1n) is 5.46. The van der Waals surface area contributed by atoms with E-state index < -0.39 is 18.1 Å². The highest BCUT2D eigenvalue weighted by molar-refractivity contribution is 6.30. The molecule has 0 radical (unpaired) electrons. The van der Waals surface area contributed by atoms with Crippen LogP contribution in [0, 0.1) is 0 Å². The second-order valence-corrected chi connectivity index (χ2v) is 4.82. The molecule has 7 heteroatoms. The highest BCUT2D eigenvalue weighted by atomic mass is 35.5. The Morgan fingerprint density at radius 3 is 2.47 bits per heavy atom. The number of hydrogen-bond donors (Lipinski definition) is 1. The molecule has 1 aromatic rings. The first-order chi connectivity index (χ1) is 8.78. The largest absolute Gasteiger partial charge is 0.364 e. The van der Waals surface area contributed by atoms with Crippen molar-refractivity contribution in [3.05, 3.63) is 34.9 Å². The summed E-state index contributed by atoms with van der Waals surface area (Å²) < 4.78 is 26.9. The van der Waals surface area contributed by atoms with Gasteiger partial charge in [-0.3, -0.25) is 4.79 Å². The van der Waals surface area contributed by atoms with Crippen molar-refractivity contribution >= 4 is 23.7 Å². The van der Waals surface area contributed by atoms with Crippen LogP contribution < -0.4 is 0 Å². The zero-order chi connectivity index (χ0) is 14.3. The predicted molar refractivity (Wildman–Crippen MR) is 66.1 cm³/mol. The van der Waals surface area contributed by atoms with Crippen LogP contribution in [0.4, 0.5) is 8.78 Å². The molecule has 4 nitrogen and oxygen atoms in total. The maximum absolute atomic E-state index is 13.5. The molecule has 2 rings (SSSR count). The van der Waals surface area contributed by atoms with Gasteiger partial charge >= 0.3 is 0 Å². The SMILES string of the molecule is CC(F)(F)[C@@]1(O)CC(c2ccc(Cl)cc2)=NN1C=O. The Morgan fingerprint density at radius 2 is 2.05 bits per heavy atom. The van der Waals surface area contributed by atoms with Crippen LogP contribution in [0.2, 0.25) is 5.02 Å². The molecule has 19 heavy (non-hydrogen) atoms. The lowest BCUT2D eigenvalue weighted by Gasteiger charge is -2.33. The Bertz CT molecular complexity index is 528. The molecule has 1 aliphatic heterocycles. The number of hydrazone groups is 1. The van der Waals surface area contributed by atoms with E-state index in [1.165, 1.54) is 0 Å². The molecule has 0 spiro atoms. The number of halogens is 3. The van der Waals surface area contributed by atoms with E-state index in [1.54, 1.807) is 24.3 Å². The molecule has 1 atom stereocenters. The molecule has 0 unspecified atom stereocenters. The van der Waals surface area contributed by atoms with E-state index in [0.29, 0.717) is 22.5 Å².